The monoisotopic (exact) mass is 241 g/mol. The van der Waals surface area contributed by atoms with Gasteiger partial charge in [0.05, 0.1) is 19.2 Å². The summed E-state index contributed by atoms with van der Waals surface area (Å²) in [6.07, 6.45) is 3.12. The lowest BCUT2D eigenvalue weighted by Gasteiger charge is -2.06. The zero-order valence-electron chi connectivity index (χ0n) is 9.46. The van der Waals surface area contributed by atoms with Gasteiger partial charge in [0.1, 0.15) is 11.3 Å². The van der Waals surface area contributed by atoms with Crippen molar-refractivity contribution in [1.29, 1.82) is 5.41 Å². The van der Waals surface area contributed by atoms with Crippen molar-refractivity contribution in [1.82, 2.24) is 19.5 Å². The van der Waals surface area contributed by atoms with E-state index < -0.39 is 0 Å². The summed E-state index contributed by atoms with van der Waals surface area (Å²) in [6.45, 7) is 0.529. The maximum atomic E-state index is 9.22. The SMILES string of the molecule is N=c1c2[nH]cnc2ncn1Cc1ccc(O)cc1. The number of phenolic OH excluding ortho intramolecular Hbond substituents is 1. The van der Waals surface area contributed by atoms with Crippen molar-refractivity contribution >= 4 is 11.2 Å². The number of nitrogens with one attached hydrogen (secondary N) is 2. The number of aromatic nitrogens is 4. The second-order valence-electron chi connectivity index (χ2n) is 3.99. The average Bonchev–Trinajstić information content (AvgIpc) is 2.84. The van der Waals surface area contributed by atoms with Crippen LogP contribution in [0.2, 0.25) is 0 Å². The fourth-order valence-corrected chi connectivity index (χ4v) is 1.80. The number of imidazole rings is 1. The molecule has 0 aliphatic rings. The number of hydrogen-bond acceptors (Lipinski definition) is 4. The van der Waals surface area contributed by atoms with Crippen molar-refractivity contribution in [3.05, 3.63) is 48.0 Å². The number of nitrogens with zero attached hydrogens (tertiary/aromatic N) is 3. The zero-order valence-corrected chi connectivity index (χ0v) is 9.46. The Balaban J connectivity index is 2.02. The van der Waals surface area contributed by atoms with Crippen molar-refractivity contribution in [2.24, 2.45) is 0 Å². The number of hydrogen-bond donors (Lipinski definition) is 3. The second kappa shape index (κ2) is 3.99. The third-order valence-corrected chi connectivity index (χ3v) is 2.75. The van der Waals surface area contributed by atoms with E-state index in [1.165, 1.54) is 6.33 Å². The molecule has 0 unspecified atom stereocenters. The minimum absolute atomic E-state index is 0.233. The van der Waals surface area contributed by atoms with Crippen LogP contribution in [0, 0.1) is 5.41 Å². The standard InChI is InChI=1S/C12H11N5O/c13-11-10-12(15-6-14-10)16-7-17(11)5-8-1-3-9(18)4-2-8/h1-4,6-7,13,18H,5H2,(H,14,15). The van der Waals surface area contributed by atoms with Gasteiger partial charge in [0.25, 0.3) is 0 Å². The molecule has 2 heterocycles. The Morgan fingerprint density at radius 2 is 2.00 bits per heavy atom. The van der Waals surface area contributed by atoms with E-state index in [2.05, 4.69) is 15.0 Å². The lowest BCUT2D eigenvalue weighted by molar-refractivity contribution is 0.475. The Labute approximate surface area is 102 Å². The minimum atomic E-state index is 0.233. The highest BCUT2D eigenvalue weighted by molar-refractivity contribution is 5.67. The van der Waals surface area contributed by atoms with Crippen molar-refractivity contribution in [2.45, 2.75) is 6.54 Å². The minimum Gasteiger partial charge on any atom is -0.508 e. The maximum absolute atomic E-state index is 9.22. The summed E-state index contributed by atoms with van der Waals surface area (Å²) in [4.78, 5) is 11.1. The van der Waals surface area contributed by atoms with Gasteiger partial charge in [0.2, 0.25) is 0 Å². The largest absolute Gasteiger partial charge is 0.508 e. The van der Waals surface area contributed by atoms with E-state index in [1.807, 2.05) is 12.1 Å². The van der Waals surface area contributed by atoms with Crippen LogP contribution in [-0.4, -0.2) is 24.6 Å². The average molecular weight is 241 g/mol. The van der Waals surface area contributed by atoms with Gasteiger partial charge in [-0.2, -0.15) is 0 Å². The van der Waals surface area contributed by atoms with Crippen molar-refractivity contribution in [3.8, 4) is 5.75 Å². The highest BCUT2D eigenvalue weighted by Gasteiger charge is 2.03. The summed E-state index contributed by atoms with van der Waals surface area (Å²) >= 11 is 0. The summed E-state index contributed by atoms with van der Waals surface area (Å²) in [5.41, 5.74) is 2.50. The quantitative estimate of drug-likeness (QED) is 0.625. The molecule has 0 saturated carbocycles. The summed E-state index contributed by atoms with van der Waals surface area (Å²) in [5.74, 6) is 0.233. The lowest BCUT2D eigenvalue weighted by Crippen LogP contribution is -2.21. The summed E-state index contributed by atoms with van der Waals surface area (Å²) < 4.78 is 1.72. The van der Waals surface area contributed by atoms with E-state index in [1.54, 1.807) is 23.0 Å². The fraction of sp³-hybridized carbons (Fsp3) is 0.0833. The molecule has 6 heteroatoms. The van der Waals surface area contributed by atoms with Gasteiger partial charge >= 0.3 is 0 Å². The molecule has 2 aromatic heterocycles. The van der Waals surface area contributed by atoms with E-state index in [9.17, 15) is 5.11 Å². The number of phenols is 1. The van der Waals surface area contributed by atoms with Crippen LogP contribution in [-0.2, 0) is 6.54 Å². The van der Waals surface area contributed by atoms with Crippen molar-refractivity contribution in [3.63, 3.8) is 0 Å². The fourth-order valence-electron chi connectivity index (χ4n) is 1.80. The van der Waals surface area contributed by atoms with E-state index in [0.29, 0.717) is 23.2 Å². The molecule has 3 aromatic rings. The molecule has 6 nitrogen and oxygen atoms in total. The number of benzene rings is 1. The Morgan fingerprint density at radius 3 is 2.78 bits per heavy atom. The number of H-pyrrole nitrogens is 1. The van der Waals surface area contributed by atoms with Crippen LogP contribution in [0.1, 0.15) is 5.56 Å². The third-order valence-electron chi connectivity index (χ3n) is 2.75. The molecule has 0 radical (unpaired) electrons. The highest BCUT2D eigenvalue weighted by atomic mass is 16.3. The van der Waals surface area contributed by atoms with E-state index in [4.69, 9.17) is 5.41 Å². The molecule has 0 aliphatic carbocycles. The van der Waals surface area contributed by atoms with Gasteiger partial charge in [-0.25, -0.2) is 9.97 Å². The van der Waals surface area contributed by atoms with Crippen LogP contribution in [0.4, 0.5) is 0 Å². The molecule has 0 saturated heterocycles. The predicted octanol–water partition coefficient (Wildman–Crippen LogP) is 0.993. The molecular formula is C12H11N5O. The van der Waals surface area contributed by atoms with Gasteiger partial charge in [0, 0.05) is 0 Å². The normalized spacial score (nSPS) is 10.9. The topological polar surface area (TPSA) is 90.6 Å². The molecule has 18 heavy (non-hydrogen) atoms. The van der Waals surface area contributed by atoms with E-state index >= 15 is 0 Å². The number of rotatable bonds is 2. The van der Waals surface area contributed by atoms with E-state index in [0.717, 1.165) is 5.56 Å². The van der Waals surface area contributed by atoms with Crippen LogP contribution >= 0.6 is 0 Å². The zero-order chi connectivity index (χ0) is 12.5. The Bertz CT molecular complexity index is 741. The van der Waals surface area contributed by atoms with Crippen LogP contribution in [0.3, 0.4) is 0 Å². The first-order chi connectivity index (χ1) is 8.74. The molecule has 0 atom stereocenters. The van der Waals surface area contributed by atoms with Crippen molar-refractivity contribution < 1.29 is 5.11 Å². The Morgan fingerprint density at radius 1 is 1.22 bits per heavy atom. The summed E-state index contributed by atoms with van der Waals surface area (Å²) in [5, 5.41) is 17.3. The highest BCUT2D eigenvalue weighted by Crippen LogP contribution is 2.10. The van der Waals surface area contributed by atoms with Crippen LogP contribution < -0.4 is 5.49 Å². The first-order valence-corrected chi connectivity index (χ1v) is 5.45. The van der Waals surface area contributed by atoms with Crippen molar-refractivity contribution in [2.75, 3.05) is 0 Å². The number of aromatic amines is 1. The van der Waals surface area contributed by atoms with Gasteiger partial charge in [-0.15, -0.1) is 0 Å². The van der Waals surface area contributed by atoms with Crippen LogP contribution in [0.25, 0.3) is 11.2 Å². The van der Waals surface area contributed by atoms with Gasteiger partial charge in [0.15, 0.2) is 11.1 Å². The van der Waals surface area contributed by atoms with Gasteiger partial charge in [-0.1, -0.05) is 12.1 Å². The molecule has 3 rings (SSSR count). The third kappa shape index (κ3) is 1.73. The molecule has 0 fully saturated rings. The summed E-state index contributed by atoms with van der Waals surface area (Å²) in [7, 11) is 0. The Hall–Kier alpha value is -2.63. The predicted molar refractivity (Wildman–Crippen MR) is 64.9 cm³/mol. The molecule has 1 aromatic carbocycles. The maximum Gasteiger partial charge on any atom is 0.182 e. The lowest BCUT2D eigenvalue weighted by atomic mass is 10.2. The molecule has 3 N–H and O–H groups in total. The summed E-state index contributed by atoms with van der Waals surface area (Å²) in [6, 6.07) is 6.89. The van der Waals surface area contributed by atoms with Gasteiger partial charge < -0.3 is 14.7 Å². The molecule has 0 spiro atoms. The number of fused-ring (bicyclic) bond motifs is 1. The Kier molecular flexibility index (Phi) is 2.33. The van der Waals surface area contributed by atoms with Crippen LogP contribution in [0.15, 0.2) is 36.9 Å². The molecular weight excluding hydrogens is 230 g/mol. The first-order valence-electron chi connectivity index (χ1n) is 5.45. The van der Waals surface area contributed by atoms with Crippen LogP contribution in [0.5, 0.6) is 5.75 Å². The number of aromatic hydroxyl groups is 1. The first kappa shape index (κ1) is 10.5. The van der Waals surface area contributed by atoms with E-state index in [-0.39, 0.29) is 5.75 Å². The van der Waals surface area contributed by atoms with Gasteiger partial charge in [-0.3, -0.25) is 5.41 Å². The smallest absolute Gasteiger partial charge is 0.182 e. The van der Waals surface area contributed by atoms with Gasteiger partial charge in [-0.05, 0) is 17.7 Å². The second-order valence-corrected chi connectivity index (χ2v) is 3.99. The molecule has 90 valence electrons. The molecule has 0 aliphatic heterocycles. The molecule has 0 amide bonds. The molecule has 0 bridgehead atoms.